The van der Waals surface area contributed by atoms with E-state index in [9.17, 15) is 9.90 Å². The molecule has 2 N–H and O–H groups in total. The SMILES string of the molecule is CCCCOc1cn2c(nc1=O)O[C@H]1[C@H](O)[C@@H](CO)O[C@H]12. The van der Waals surface area contributed by atoms with Gasteiger partial charge in [-0.1, -0.05) is 13.3 Å². The Bertz CT molecular complexity index is 574. The maximum atomic E-state index is 11.8. The highest BCUT2D eigenvalue weighted by molar-refractivity contribution is 5.21. The minimum Gasteiger partial charge on any atom is -0.487 e. The predicted molar refractivity (Wildman–Crippen MR) is 70.3 cm³/mol. The minimum atomic E-state index is -0.971. The van der Waals surface area contributed by atoms with Gasteiger partial charge in [-0.05, 0) is 6.42 Å². The zero-order valence-electron chi connectivity index (χ0n) is 11.6. The Morgan fingerprint density at radius 1 is 1.52 bits per heavy atom. The van der Waals surface area contributed by atoms with Crippen LogP contribution in [-0.4, -0.2) is 51.3 Å². The van der Waals surface area contributed by atoms with E-state index >= 15 is 0 Å². The molecule has 3 rings (SSSR count). The second-order valence-corrected chi connectivity index (χ2v) is 5.12. The molecule has 0 spiro atoms. The van der Waals surface area contributed by atoms with Crippen LogP contribution < -0.4 is 15.0 Å². The molecule has 116 valence electrons. The molecule has 8 heteroatoms. The van der Waals surface area contributed by atoms with E-state index in [0.29, 0.717) is 6.61 Å². The van der Waals surface area contributed by atoms with Gasteiger partial charge in [-0.25, -0.2) is 0 Å². The van der Waals surface area contributed by atoms with Gasteiger partial charge in [0.05, 0.1) is 19.4 Å². The van der Waals surface area contributed by atoms with Gasteiger partial charge < -0.3 is 24.4 Å². The molecule has 0 amide bonds. The Hall–Kier alpha value is -1.64. The van der Waals surface area contributed by atoms with Crippen LogP contribution in [0.25, 0.3) is 0 Å². The first-order valence-corrected chi connectivity index (χ1v) is 7.02. The average Bonchev–Trinajstić information content (AvgIpc) is 2.96. The molecule has 3 heterocycles. The van der Waals surface area contributed by atoms with Crippen molar-refractivity contribution in [2.75, 3.05) is 13.2 Å². The van der Waals surface area contributed by atoms with E-state index in [-0.39, 0.29) is 18.4 Å². The third-order valence-electron chi connectivity index (χ3n) is 3.65. The van der Waals surface area contributed by atoms with Crippen LogP contribution in [0.4, 0.5) is 0 Å². The van der Waals surface area contributed by atoms with E-state index in [2.05, 4.69) is 4.98 Å². The highest BCUT2D eigenvalue weighted by Crippen LogP contribution is 2.39. The van der Waals surface area contributed by atoms with Crippen molar-refractivity contribution in [1.29, 1.82) is 0 Å². The van der Waals surface area contributed by atoms with Gasteiger partial charge in [-0.15, -0.1) is 0 Å². The van der Waals surface area contributed by atoms with E-state index in [1.807, 2.05) is 6.92 Å². The predicted octanol–water partition coefficient (Wildman–Crippen LogP) is -0.566. The van der Waals surface area contributed by atoms with Crippen LogP contribution in [0.2, 0.25) is 0 Å². The highest BCUT2D eigenvalue weighted by atomic mass is 16.6. The van der Waals surface area contributed by atoms with Gasteiger partial charge in [0.15, 0.2) is 12.3 Å². The summed E-state index contributed by atoms with van der Waals surface area (Å²) in [4.78, 5) is 15.6. The topological polar surface area (TPSA) is 103 Å². The lowest BCUT2D eigenvalue weighted by Crippen LogP contribution is -2.34. The lowest BCUT2D eigenvalue weighted by Gasteiger charge is -2.14. The fourth-order valence-corrected chi connectivity index (χ4v) is 2.47. The van der Waals surface area contributed by atoms with Gasteiger partial charge in [0.1, 0.15) is 12.2 Å². The molecule has 0 bridgehead atoms. The molecular weight excluding hydrogens is 280 g/mol. The number of aliphatic hydroxyl groups excluding tert-OH is 2. The van der Waals surface area contributed by atoms with E-state index in [0.717, 1.165) is 12.8 Å². The second-order valence-electron chi connectivity index (χ2n) is 5.12. The molecule has 1 saturated heterocycles. The van der Waals surface area contributed by atoms with Gasteiger partial charge in [0, 0.05) is 0 Å². The van der Waals surface area contributed by atoms with Crippen LogP contribution in [0.3, 0.4) is 0 Å². The largest absolute Gasteiger partial charge is 0.487 e. The molecule has 1 fully saturated rings. The third-order valence-corrected chi connectivity index (χ3v) is 3.65. The van der Waals surface area contributed by atoms with Crippen LogP contribution in [0.1, 0.15) is 26.0 Å². The molecule has 4 atom stereocenters. The van der Waals surface area contributed by atoms with Crippen molar-refractivity contribution in [3.8, 4) is 11.8 Å². The van der Waals surface area contributed by atoms with Crippen molar-refractivity contribution in [3.05, 3.63) is 16.6 Å². The van der Waals surface area contributed by atoms with Gasteiger partial charge in [-0.2, -0.15) is 4.98 Å². The first-order chi connectivity index (χ1) is 10.2. The minimum absolute atomic E-state index is 0.0910. The summed E-state index contributed by atoms with van der Waals surface area (Å²) < 4.78 is 17.9. The number of rotatable bonds is 5. The molecule has 21 heavy (non-hydrogen) atoms. The Kier molecular flexibility index (Phi) is 3.83. The van der Waals surface area contributed by atoms with Gasteiger partial charge in [-0.3, -0.25) is 9.36 Å². The molecule has 1 aromatic rings. The van der Waals surface area contributed by atoms with Crippen molar-refractivity contribution in [1.82, 2.24) is 9.55 Å². The summed E-state index contributed by atoms with van der Waals surface area (Å²) in [6, 6.07) is 0.0910. The van der Waals surface area contributed by atoms with Gasteiger partial charge in [0.25, 0.3) is 0 Å². The van der Waals surface area contributed by atoms with E-state index in [1.165, 1.54) is 10.8 Å². The number of ether oxygens (including phenoxy) is 3. The molecule has 2 aliphatic heterocycles. The van der Waals surface area contributed by atoms with Crippen molar-refractivity contribution < 1.29 is 24.4 Å². The maximum Gasteiger partial charge on any atom is 0.318 e. The molecule has 8 nitrogen and oxygen atoms in total. The molecular formula is C13H18N2O6. The maximum absolute atomic E-state index is 11.8. The Morgan fingerprint density at radius 2 is 2.33 bits per heavy atom. The van der Waals surface area contributed by atoms with Crippen LogP contribution in [0, 0.1) is 0 Å². The molecule has 0 unspecified atom stereocenters. The number of fused-ring (bicyclic) bond motifs is 3. The fourth-order valence-electron chi connectivity index (χ4n) is 2.47. The lowest BCUT2D eigenvalue weighted by molar-refractivity contribution is -0.0436. The smallest absolute Gasteiger partial charge is 0.318 e. The number of unbranched alkanes of at least 4 members (excludes halogenated alkanes) is 1. The summed E-state index contributed by atoms with van der Waals surface area (Å²) >= 11 is 0. The van der Waals surface area contributed by atoms with Crippen molar-refractivity contribution in [2.45, 2.75) is 44.3 Å². The molecule has 0 saturated carbocycles. The number of hydrogen-bond donors (Lipinski definition) is 2. The Morgan fingerprint density at radius 3 is 3.05 bits per heavy atom. The van der Waals surface area contributed by atoms with Crippen molar-refractivity contribution in [3.63, 3.8) is 0 Å². The molecule has 1 aromatic heterocycles. The summed E-state index contributed by atoms with van der Waals surface area (Å²) in [5.41, 5.74) is -0.509. The van der Waals surface area contributed by atoms with Crippen LogP contribution in [-0.2, 0) is 4.74 Å². The molecule has 0 aromatic carbocycles. The Balaban J connectivity index is 1.85. The van der Waals surface area contributed by atoms with E-state index in [1.54, 1.807) is 0 Å². The van der Waals surface area contributed by atoms with Crippen molar-refractivity contribution in [2.24, 2.45) is 0 Å². The van der Waals surface area contributed by atoms with Crippen molar-refractivity contribution >= 4 is 0 Å². The summed E-state index contributed by atoms with van der Waals surface area (Å²) in [5, 5.41) is 19.1. The summed E-state index contributed by atoms with van der Waals surface area (Å²) in [5.74, 6) is 0.127. The van der Waals surface area contributed by atoms with Gasteiger partial charge in [0.2, 0.25) is 5.75 Å². The number of aliphatic hydroxyl groups is 2. The lowest BCUT2D eigenvalue weighted by atomic mass is 10.1. The standard InChI is InChI=1S/C13H18N2O6/c1-2-3-4-19-7-5-15-12-10(9(17)8(6-16)20-12)21-13(15)14-11(7)18/h5,8-10,12,16-17H,2-4,6H2,1H3/t8-,9-,10+,12-/m1/s1. The monoisotopic (exact) mass is 298 g/mol. The number of nitrogens with zero attached hydrogens (tertiary/aromatic N) is 2. The highest BCUT2D eigenvalue weighted by Gasteiger charge is 2.51. The number of aromatic nitrogens is 2. The fraction of sp³-hybridized carbons (Fsp3) is 0.692. The number of hydrogen-bond acceptors (Lipinski definition) is 7. The third kappa shape index (κ3) is 2.39. The second kappa shape index (κ2) is 5.63. The Labute approximate surface area is 120 Å². The normalized spacial score (nSPS) is 29.9. The van der Waals surface area contributed by atoms with Crippen LogP contribution in [0.15, 0.2) is 11.0 Å². The summed E-state index contributed by atoms with van der Waals surface area (Å²) in [6.45, 7) is 2.16. The average molecular weight is 298 g/mol. The quantitative estimate of drug-likeness (QED) is 0.702. The van der Waals surface area contributed by atoms with Gasteiger partial charge >= 0.3 is 11.6 Å². The van der Waals surface area contributed by atoms with E-state index in [4.69, 9.17) is 19.3 Å². The van der Waals surface area contributed by atoms with E-state index < -0.39 is 30.1 Å². The summed E-state index contributed by atoms with van der Waals surface area (Å²) in [6.07, 6.45) is 0.302. The molecule has 0 aliphatic carbocycles. The first-order valence-electron chi connectivity index (χ1n) is 7.02. The first kappa shape index (κ1) is 14.3. The molecule has 2 aliphatic rings. The summed E-state index contributed by atoms with van der Waals surface area (Å²) in [7, 11) is 0. The molecule has 0 radical (unpaired) electrons. The van der Waals surface area contributed by atoms with Crippen LogP contribution >= 0.6 is 0 Å². The van der Waals surface area contributed by atoms with Crippen LogP contribution in [0.5, 0.6) is 11.8 Å². The zero-order valence-corrected chi connectivity index (χ0v) is 11.6. The zero-order chi connectivity index (χ0) is 15.0.